The van der Waals surface area contributed by atoms with Crippen molar-refractivity contribution in [3.05, 3.63) is 0 Å². The lowest BCUT2D eigenvalue weighted by Crippen LogP contribution is -2.42. The van der Waals surface area contributed by atoms with Gasteiger partial charge in [0.1, 0.15) is 0 Å². The van der Waals surface area contributed by atoms with E-state index in [4.69, 9.17) is 13.3 Å². The molecular formula is C10H22F2O3Si. The fraction of sp³-hybridized carbons (Fsp3) is 1.00. The Morgan fingerprint density at radius 3 is 1.81 bits per heavy atom. The third kappa shape index (κ3) is 4.45. The maximum Gasteiger partial charge on any atom is 0.500 e. The topological polar surface area (TPSA) is 27.7 Å². The summed E-state index contributed by atoms with van der Waals surface area (Å²) < 4.78 is 40.8. The van der Waals surface area contributed by atoms with Gasteiger partial charge in [0.25, 0.3) is 0 Å². The second-order valence-electron chi connectivity index (χ2n) is 4.44. The van der Waals surface area contributed by atoms with E-state index in [0.717, 1.165) is 0 Å². The van der Waals surface area contributed by atoms with E-state index in [1.807, 2.05) is 0 Å². The van der Waals surface area contributed by atoms with Gasteiger partial charge >= 0.3 is 8.80 Å². The Morgan fingerprint density at radius 1 is 1.06 bits per heavy atom. The lowest BCUT2D eigenvalue weighted by Gasteiger charge is -2.27. The summed E-state index contributed by atoms with van der Waals surface area (Å²) in [6, 6.07) is 0.562. The van der Waals surface area contributed by atoms with Gasteiger partial charge in [-0.1, -0.05) is 13.8 Å². The van der Waals surface area contributed by atoms with Crippen LogP contribution in [-0.2, 0) is 13.3 Å². The van der Waals surface area contributed by atoms with Crippen LogP contribution >= 0.6 is 0 Å². The van der Waals surface area contributed by atoms with E-state index in [0.29, 0.717) is 18.9 Å². The van der Waals surface area contributed by atoms with Crippen molar-refractivity contribution in [1.82, 2.24) is 0 Å². The maximum atomic E-state index is 12.6. The second-order valence-corrected chi connectivity index (χ2v) is 7.53. The Bertz CT molecular complexity index is 188. The highest BCUT2D eigenvalue weighted by atomic mass is 28.4. The molecule has 0 fully saturated rings. The van der Waals surface area contributed by atoms with Crippen LogP contribution in [0.2, 0.25) is 6.04 Å². The lowest BCUT2D eigenvalue weighted by atomic mass is 9.89. The Hall–Kier alpha value is -0.0431. The van der Waals surface area contributed by atoms with Gasteiger partial charge in [-0.2, -0.15) is 0 Å². The van der Waals surface area contributed by atoms with Crippen LogP contribution in [0.15, 0.2) is 0 Å². The van der Waals surface area contributed by atoms with E-state index in [-0.39, 0.29) is 0 Å². The van der Waals surface area contributed by atoms with Crippen LogP contribution in [0, 0.1) is 5.41 Å². The van der Waals surface area contributed by atoms with Gasteiger partial charge in [0, 0.05) is 32.8 Å². The maximum absolute atomic E-state index is 12.6. The van der Waals surface area contributed by atoms with Crippen LogP contribution in [-0.4, -0.2) is 36.6 Å². The van der Waals surface area contributed by atoms with Gasteiger partial charge in [0.15, 0.2) is 0 Å². The van der Waals surface area contributed by atoms with Crippen molar-refractivity contribution in [3.63, 3.8) is 0 Å². The van der Waals surface area contributed by atoms with Crippen LogP contribution < -0.4 is 0 Å². The molecule has 0 bridgehead atoms. The average Bonchev–Trinajstić information content (AvgIpc) is 2.25. The summed E-state index contributed by atoms with van der Waals surface area (Å²) in [7, 11) is 1.98. The minimum absolute atomic E-state index is 0.426. The van der Waals surface area contributed by atoms with Gasteiger partial charge < -0.3 is 13.3 Å². The molecule has 0 aromatic carbocycles. The smallest absolute Gasteiger partial charge is 0.377 e. The molecule has 3 nitrogen and oxygen atoms in total. The zero-order chi connectivity index (χ0) is 12.8. The van der Waals surface area contributed by atoms with Gasteiger partial charge in [-0.25, -0.2) is 8.78 Å². The number of hydrogen-bond acceptors (Lipinski definition) is 3. The van der Waals surface area contributed by atoms with Crippen LogP contribution in [0.1, 0.15) is 26.7 Å². The molecule has 0 aromatic rings. The molecule has 0 saturated carbocycles. The number of hydrogen-bond donors (Lipinski definition) is 0. The molecule has 0 unspecified atom stereocenters. The normalized spacial score (nSPS) is 13.5. The molecule has 0 N–H and O–H groups in total. The predicted octanol–water partition coefficient (Wildman–Crippen LogP) is 2.94. The molecule has 6 heteroatoms. The third-order valence-corrected chi connectivity index (χ3v) is 5.66. The first-order valence-electron chi connectivity index (χ1n) is 5.27. The molecule has 0 aliphatic rings. The van der Waals surface area contributed by atoms with Crippen molar-refractivity contribution in [2.75, 3.05) is 21.3 Å². The summed E-state index contributed by atoms with van der Waals surface area (Å²) in [5.74, 6) is 0. The predicted molar refractivity (Wildman–Crippen MR) is 60.6 cm³/mol. The van der Waals surface area contributed by atoms with Crippen LogP contribution in [0.5, 0.6) is 0 Å². The van der Waals surface area contributed by atoms with Crippen molar-refractivity contribution in [3.8, 4) is 0 Å². The highest BCUT2D eigenvalue weighted by Crippen LogP contribution is 2.32. The minimum atomic E-state index is -2.60. The highest BCUT2D eigenvalue weighted by molar-refractivity contribution is 6.60. The van der Waals surface area contributed by atoms with Gasteiger partial charge in [-0.15, -0.1) is 0 Å². The summed E-state index contributed by atoms with van der Waals surface area (Å²) in [5, 5.41) is 0. The molecule has 0 heterocycles. The van der Waals surface area contributed by atoms with Crippen molar-refractivity contribution in [1.29, 1.82) is 0 Å². The zero-order valence-corrected chi connectivity index (χ0v) is 11.7. The van der Waals surface area contributed by atoms with Gasteiger partial charge in [0.05, 0.1) is 0 Å². The highest BCUT2D eigenvalue weighted by Gasteiger charge is 2.38. The lowest BCUT2D eigenvalue weighted by molar-refractivity contribution is 0.0125. The first-order chi connectivity index (χ1) is 7.33. The first kappa shape index (κ1) is 16.0. The molecular weight excluding hydrogens is 234 g/mol. The number of rotatable bonds is 8. The molecule has 98 valence electrons. The van der Waals surface area contributed by atoms with E-state index in [2.05, 4.69) is 0 Å². The molecule has 0 radical (unpaired) electrons. The molecule has 0 rings (SSSR count). The molecule has 16 heavy (non-hydrogen) atoms. The average molecular weight is 256 g/mol. The first-order valence-corrected chi connectivity index (χ1v) is 7.20. The third-order valence-electron chi connectivity index (χ3n) is 2.83. The van der Waals surface area contributed by atoms with E-state index >= 15 is 0 Å². The monoisotopic (exact) mass is 256 g/mol. The molecule has 0 amide bonds. The van der Waals surface area contributed by atoms with E-state index in [1.165, 1.54) is 21.3 Å². The van der Waals surface area contributed by atoms with Crippen molar-refractivity contribution < 1.29 is 22.1 Å². The Balaban J connectivity index is 4.14. The Morgan fingerprint density at radius 2 is 1.50 bits per heavy atom. The van der Waals surface area contributed by atoms with Gasteiger partial charge in [-0.3, -0.25) is 0 Å². The van der Waals surface area contributed by atoms with E-state index in [1.54, 1.807) is 13.8 Å². The largest absolute Gasteiger partial charge is 0.500 e. The summed E-state index contributed by atoms with van der Waals surface area (Å²) in [6.07, 6.45) is -1.27. The zero-order valence-electron chi connectivity index (χ0n) is 10.7. The van der Waals surface area contributed by atoms with Crippen molar-refractivity contribution >= 4 is 8.80 Å². The van der Waals surface area contributed by atoms with Crippen LogP contribution in [0.25, 0.3) is 0 Å². The standard InChI is InChI=1S/C10H22F2O3Si/c1-10(2,9(11)12)7-6-8-16(13-3,14-4)15-5/h9H,6-8H2,1-5H3. The summed E-state index contributed by atoms with van der Waals surface area (Å²) >= 11 is 0. The van der Waals surface area contributed by atoms with E-state index < -0.39 is 20.6 Å². The molecule has 0 aliphatic carbocycles. The van der Waals surface area contributed by atoms with Crippen molar-refractivity contribution in [2.24, 2.45) is 5.41 Å². The van der Waals surface area contributed by atoms with Crippen LogP contribution in [0.4, 0.5) is 8.78 Å². The van der Waals surface area contributed by atoms with Gasteiger partial charge in [0.2, 0.25) is 6.43 Å². The molecule has 0 aliphatic heterocycles. The second kappa shape index (κ2) is 6.63. The number of halogens is 2. The fourth-order valence-corrected chi connectivity index (χ4v) is 3.15. The summed E-state index contributed by atoms with van der Waals surface area (Å²) in [5.41, 5.74) is -0.963. The molecule has 0 saturated heterocycles. The van der Waals surface area contributed by atoms with Crippen LogP contribution in [0.3, 0.4) is 0 Å². The minimum Gasteiger partial charge on any atom is -0.377 e. The van der Waals surface area contributed by atoms with E-state index in [9.17, 15) is 8.78 Å². The van der Waals surface area contributed by atoms with Crippen molar-refractivity contribution in [2.45, 2.75) is 39.2 Å². The number of alkyl halides is 2. The fourth-order valence-electron chi connectivity index (χ4n) is 1.43. The summed E-state index contributed by atoms with van der Waals surface area (Å²) in [4.78, 5) is 0. The quantitative estimate of drug-likeness (QED) is 0.625. The SMILES string of the molecule is CO[Si](CCCC(C)(C)C(F)F)(OC)OC. The molecule has 0 atom stereocenters. The Kier molecular flexibility index (Phi) is 6.62. The Labute approximate surface area is 97.4 Å². The van der Waals surface area contributed by atoms with Gasteiger partial charge in [-0.05, 0) is 12.8 Å². The summed E-state index contributed by atoms with van der Waals surface area (Å²) in [6.45, 7) is 3.13. The molecule has 0 spiro atoms. The molecule has 0 aromatic heterocycles.